The van der Waals surface area contributed by atoms with Crippen LogP contribution in [0.1, 0.15) is 25.1 Å². The lowest BCUT2D eigenvalue weighted by atomic mass is 10.1. The Kier molecular flexibility index (Phi) is 3.36. The fourth-order valence-electron chi connectivity index (χ4n) is 2.20. The number of nitrogens with one attached hydrogen (secondary N) is 1. The number of carbonyl (C=O) groups is 1. The van der Waals surface area contributed by atoms with Crippen LogP contribution in [0.5, 0.6) is 0 Å². The Morgan fingerprint density at radius 1 is 1.59 bits per heavy atom. The molecule has 94 valence electrons. The maximum Gasteiger partial charge on any atom is 0.312 e. The molecule has 17 heavy (non-hydrogen) atoms. The number of fused-ring (bicyclic) bond motifs is 1. The molecule has 1 unspecified atom stereocenters. The molecule has 0 radical (unpaired) electrons. The third-order valence-corrected chi connectivity index (χ3v) is 3.15. The second kappa shape index (κ2) is 4.77. The summed E-state index contributed by atoms with van der Waals surface area (Å²) in [5, 5.41) is 7.78. The van der Waals surface area contributed by atoms with Gasteiger partial charge in [-0.3, -0.25) is 4.79 Å². The third-order valence-electron chi connectivity index (χ3n) is 3.15. The Morgan fingerprint density at radius 3 is 3.00 bits per heavy atom. The number of esters is 1. The average Bonchev–Trinajstić information content (AvgIpc) is 2.66. The predicted molar refractivity (Wildman–Crippen MR) is 65.0 cm³/mol. The number of ether oxygens (including phenoxy) is 1. The minimum Gasteiger partial charge on any atom is -0.466 e. The van der Waals surface area contributed by atoms with Crippen LogP contribution in [-0.4, -0.2) is 28.9 Å². The fourth-order valence-corrected chi connectivity index (χ4v) is 2.20. The second-order valence-corrected chi connectivity index (χ2v) is 4.29. The Bertz CT molecular complexity index is 426. The van der Waals surface area contributed by atoms with Gasteiger partial charge in [-0.1, -0.05) is 6.92 Å². The van der Waals surface area contributed by atoms with E-state index in [0.717, 1.165) is 17.9 Å². The van der Waals surface area contributed by atoms with Crippen molar-refractivity contribution in [3.8, 4) is 0 Å². The lowest BCUT2D eigenvalue weighted by molar-refractivity contribution is -0.148. The Balaban J connectivity index is 2.16. The molecule has 2 rings (SSSR count). The summed E-state index contributed by atoms with van der Waals surface area (Å²) in [6.45, 7) is 7.66. The summed E-state index contributed by atoms with van der Waals surface area (Å²) < 4.78 is 6.93. The van der Waals surface area contributed by atoms with Crippen LogP contribution in [0, 0.1) is 12.8 Å². The number of hydrogen-bond donors (Lipinski definition) is 1. The standard InChI is InChI=1S/C12H19N3O2/c1-4-10-8(3)11-13-6-9(7-15(11)14-10)12(16)17-5-2/h9,13H,4-7H2,1-3H3. The molecule has 1 aromatic heterocycles. The summed E-state index contributed by atoms with van der Waals surface area (Å²) in [6, 6.07) is 0. The van der Waals surface area contributed by atoms with Gasteiger partial charge in [-0.15, -0.1) is 0 Å². The van der Waals surface area contributed by atoms with Crippen LogP contribution in [-0.2, 0) is 22.5 Å². The van der Waals surface area contributed by atoms with Crippen molar-refractivity contribution in [2.75, 3.05) is 18.5 Å². The quantitative estimate of drug-likeness (QED) is 0.806. The summed E-state index contributed by atoms with van der Waals surface area (Å²) in [6.07, 6.45) is 0.914. The zero-order chi connectivity index (χ0) is 12.4. The van der Waals surface area contributed by atoms with Crippen molar-refractivity contribution in [2.24, 2.45) is 5.92 Å². The maximum atomic E-state index is 11.7. The molecule has 0 bridgehead atoms. The number of aromatic nitrogens is 2. The number of rotatable bonds is 3. The molecule has 5 nitrogen and oxygen atoms in total. The maximum absolute atomic E-state index is 11.7. The van der Waals surface area contributed by atoms with Crippen molar-refractivity contribution in [3.05, 3.63) is 11.3 Å². The van der Waals surface area contributed by atoms with E-state index >= 15 is 0 Å². The third kappa shape index (κ3) is 2.14. The molecule has 0 amide bonds. The summed E-state index contributed by atoms with van der Waals surface area (Å²) in [4.78, 5) is 11.7. The highest BCUT2D eigenvalue weighted by Gasteiger charge is 2.28. The highest BCUT2D eigenvalue weighted by Crippen LogP contribution is 2.24. The van der Waals surface area contributed by atoms with E-state index in [9.17, 15) is 4.79 Å². The molecular weight excluding hydrogens is 218 g/mol. The van der Waals surface area contributed by atoms with Gasteiger partial charge in [0.1, 0.15) is 5.82 Å². The van der Waals surface area contributed by atoms with Gasteiger partial charge in [0.25, 0.3) is 0 Å². The van der Waals surface area contributed by atoms with Gasteiger partial charge < -0.3 is 10.1 Å². The number of hydrogen-bond acceptors (Lipinski definition) is 4. The molecule has 0 saturated carbocycles. The SMILES string of the molecule is CCOC(=O)C1CNc2c(C)c(CC)nn2C1. The predicted octanol–water partition coefficient (Wildman–Crippen LogP) is 1.36. The zero-order valence-corrected chi connectivity index (χ0v) is 10.6. The molecule has 0 aromatic carbocycles. The van der Waals surface area contributed by atoms with Crippen LogP contribution in [0.15, 0.2) is 0 Å². The highest BCUT2D eigenvalue weighted by atomic mass is 16.5. The lowest BCUT2D eigenvalue weighted by Gasteiger charge is -2.23. The first kappa shape index (κ1) is 12.0. The van der Waals surface area contributed by atoms with Crippen molar-refractivity contribution in [1.29, 1.82) is 0 Å². The monoisotopic (exact) mass is 237 g/mol. The first-order valence-electron chi connectivity index (χ1n) is 6.14. The smallest absolute Gasteiger partial charge is 0.312 e. The molecule has 0 aliphatic carbocycles. The van der Waals surface area contributed by atoms with E-state index in [-0.39, 0.29) is 11.9 Å². The van der Waals surface area contributed by atoms with Crippen LogP contribution in [0.3, 0.4) is 0 Å². The molecule has 1 aliphatic heterocycles. The molecule has 1 N–H and O–H groups in total. The highest BCUT2D eigenvalue weighted by molar-refractivity contribution is 5.73. The fraction of sp³-hybridized carbons (Fsp3) is 0.667. The van der Waals surface area contributed by atoms with Gasteiger partial charge >= 0.3 is 5.97 Å². The number of carbonyl (C=O) groups excluding carboxylic acids is 1. The van der Waals surface area contributed by atoms with Gasteiger partial charge in [0, 0.05) is 12.1 Å². The average molecular weight is 237 g/mol. The van der Waals surface area contributed by atoms with Gasteiger partial charge in [-0.25, -0.2) is 4.68 Å². The van der Waals surface area contributed by atoms with E-state index in [4.69, 9.17) is 4.74 Å². The first-order valence-corrected chi connectivity index (χ1v) is 6.14. The van der Waals surface area contributed by atoms with E-state index < -0.39 is 0 Å². The molecular formula is C12H19N3O2. The van der Waals surface area contributed by atoms with E-state index in [2.05, 4.69) is 24.3 Å². The molecule has 0 spiro atoms. The van der Waals surface area contributed by atoms with Crippen LogP contribution in [0.25, 0.3) is 0 Å². The van der Waals surface area contributed by atoms with Crippen molar-refractivity contribution >= 4 is 11.8 Å². The lowest BCUT2D eigenvalue weighted by Crippen LogP contribution is -2.34. The zero-order valence-electron chi connectivity index (χ0n) is 10.6. The Labute approximate surface area is 101 Å². The van der Waals surface area contributed by atoms with Crippen molar-refractivity contribution in [1.82, 2.24) is 9.78 Å². The molecule has 1 aromatic rings. The number of anilines is 1. The minimum atomic E-state index is -0.142. The molecule has 0 fully saturated rings. The van der Waals surface area contributed by atoms with Crippen LogP contribution >= 0.6 is 0 Å². The topological polar surface area (TPSA) is 56.1 Å². The van der Waals surface area contributed by atoms with E-state index in [1.165, 1.54) is 5.56 Å². The van der Waals surface area contributed by atoms with Gasteiger partial charge in [-0.05, 0) is 20.3 Å². The first-order chi connectivity index (χ1) is 8.17. The molecule has 1 aliphatic rings. The normalized spacial score (nSPS) is 18.4. The molecule has 5 heteroatoms. The summed E-state index contributed by atoms with van der Waals surface area (Å²) in [7, 11) is 0. The second-order valence-electron chi connectivity index (χ2n) is 4.29. The van der Waals surface area contributed by atoms with Gasteiger partial charge in [-0.2, -0.15) is 5.10 Å². The summed E-state index contributed by atoms with van der Waals surface area (Å²) in [5.41, 5.74) is 2.28. The Morgan fingerprint density at radius 2 is 2.35 bits per heavy atom. The minimum absolute atomic E-state index is 0.133. The van der Waals surface area contributed by atoms with Gasteiger partial charge in [0.15, 0.2) is 0 Å². The number of nitrogens with zero attached hydrogens (tertiary/aromatic N) is 2. The molecule has 1 atom stereocenters. The van der Waals surface area contributed by atoms with E-state index in [1.807, 2.05) is 11.6 Å². The van der Waals surface area contributed by atoms with Crippen LogP contribution in [0.2, 0.25) is 0 Å². The van der Waals surface area contributed by atoms with Crippen molar-refractivity contribution < 1.29 is 9.53 Å². The largest absolute Gasteiger partial charge is 0.466 e. The van der Waals surface area contributed by atoms with Gasteiger partial charge in [0.2, 0.25) is 0 Å². The number of aryl methyl sites for hydroxylation is 1. The van der Waals surface area contributed by atoms with E-state index in [1.54, 1.807) is 0 Å². The summed E-state index contributed by atoms with van der Waals surface area (Å²) in [5.74, 6) is 0.769. The molecule has 0 saturated heterocycles. The van der Waals surface area contributed by atoms with E-state index in [0.29, 0.717) is 19.7 Å². The van der Waals surface area contributed by atoms with Gasteiger partial charge in [0.05, 0.1) is 24.8 Å². The van der Waals surface area contributed by atoms with Crippen molar-refractivity contribution in [2.45, 2.75) is 33.7 Å². The molecule has 2 heterocycles. The Hall–Kier alpha value is -1.52. The van der Waals surface area contributed by atoms with Crippen LogP contribution < -0.4 is 5.32 Å². The summed E-state index contributed by atoms with van der Waals surface area (Å²) >= 11 is 0. The van der Waals surface area contributed by atoms with Crippen molar-refractivity contribution in [3.63, 3.8) is 0 Å². The van der Waals surface area contributed by atoms with Crippen LogP contribution in [0.4, 0.5) is 5.82 Å².